The van der Waals surface area contributed by atoms with Crippen molar-refractivity contribution in [3.8, 4) is 0 Å². The van der Waals surface area contributed by atoms with Crippen LogP contribution in [0.1, 0.15) is 5.56 Å². The SMILES string of the molecule is Cn1nc(Nc2ccc(C(F)(F)F)cn2)c2ncn(CC(N)=O)c(=O)c21. The second-order valence-electron chi connectivity index (χ2n) is 5.37. The molecule has 0 atom stereocenters. The van der Waals surface area contributed by atoms with Crippen LogP contribution in [0.5, 0.6) is 0 Å². The first-order chi connectivity index (χ1) is 12.2. The number of carbonyl (C=O) groups excluding carboxylic acids is 1. The molecule has 0 saturated carbocycles. The molecule has 3 N–H and O–H groups in total. The molecule has 0 aliphatic heterocycles. The number of nitrogens with two attached hydrogens (primary N) is 1. The fraction of sp³-hybridized carbons (Fsp3) is 0.214. The number of nitrogens with one attached hydrogen (secondary N) is 1. The lowest BCUT2D eigenvalue weighted by Crippen LogP contribution is -2.28. The van der Waals surface area contributed by atoms with Crippen molar-refractivity contribution >= 4 is 28.6 Å². The molecule has 0 aliphatic carbocycles. The van der Waals surface area contributed by atoms with E-state index in [1.807, 2.05) is 0 Å². The van der Waals surface area contributed by atoms with Crippen molar-refractivity contribution < 1.29 is 18.0 Å². The average molecular weight is 367 g/mol. The standard InChI is InChI=1S/C14H12F3N7O2/c1-23-11-10(20-6-24(13(11)26)5-8(18)25)12(22-23)21-9-3-2-7(4-19-9)14(15,16)17/h2-4,6H,5H2,1H3,(H2,18,25)(H,19,21,22). The topological polar surface area (TPSA) is 121 Å². The number of carbonyl (C=O) groups is 1. The highest BCUT2D eigenvalue weighted by atomic mass is 19.4. The van der Waals surface area contributed by atoms with Crippen molar-refractivity contribution in [2.75, 3.05) is 5.32 Å². The van der Waals surface area contributed by atoms with Gasteiger partial charge in [-0.3, -0.25) is 18.8 Å². The summed E-state index contributed by atoms with van der Waals surface area (Å²) in [5.74, 6) is -0.470. The maximum absolute atomic E-state index is 12.6. The molecule has 9 nitrogen and oxygen atoms in total. The number of alkyl halides is 3. The summed E-state index contributed by atoms with van der Waals surface area (Å²) < 4.78 is 40.0. The summed E-state index contributed by atoms with van der Waals surface area (Å²) in [4.78, 5) is 31.1. The maximum Gasteiger partial charge on any atom is 0.417 e. The highest BCUT2D eigenvalue weighted by molar-refractivity contribution is 5.87. The fourth-order valence-corrected chi connectivity index (χ4v) is 2.31. The molecule has 0 aliphatic rings. The van der Waals surface area contributed by atoms with E-state index in [0.29, 0.717) is 6.20 Å². The zero-order chi connectivity index (χ0) is 19.1. The van der Waals surface area contributed by atoms with Crippen molar-refractivity contribution in [1.82, 2.24) is 24.3 Å². The minimum atomic E-state index is -4.49. The molecule has 0 saturated heterocycles. The molecular formula is C14H12F3N7O2. The molecule has 26 heavy (non-hydrogen) atoms. The van der Waals surface area contributed by atoms with E-state index >= 15 is 0 Å². The van der Waals surface area contributed by atoms with Crippen LogP contribution in [0.2, 0.25) is 0 Å². The Hall–Kier alpha value is -3.44. The summed E-state index contributed by atoms with van der Waals surface area (Å²) in [7, 11) is 1.49. The number of anilines is 2. The number of pyridine rings is 1. The van der Waals surface area contributed by atoms with Gasteiger partial charge in [0.05, 0.1) is 11.9 Å². The lowest BCUT2D eigenvalue weighted by molar-refractivity contribution is -0.137. The third kappa shape index (κ3) is 3.20. The van der Waals surface area contributed by atoms with E-state index in [1.54, 1.807) is 0 Å². The smallest absolute Gasteiger partial charge is 0.368 e. The lowest BCUT2D eigenvalue weighted by Gasteiger charge is -2.07. The van der Waals surface area contributed by atoms with Crippen LogP contribution in [0.25, 0.3) is 11.0 Å². The Morgan fingerprint density at radius 1 is 1.31 bits per heavy atom. The highest BCUT2D eigenvalue weighted by Crippen LogP contribution is 2.29. The summed E-state index contributed by atoms with van der Waals surface area (Å²) >= 11 is 0. The van der Waals surface area contributed by atoms with E-state index < -0.39 is 23.2 Å². The van der Waals surface area contributed by atoms with E-state index in [0.717, 1.165) is 23.0 Å². The second kappa shape index (κ2) is 6.13. The first kappa shape index (κ1) is 17.4. The number of halogens is 3. The normalized spacial score (nSPS) is 11.7. The number of hydrogen-bond donors (Lipinski definition) is 2. The van der Waals surface area contributed by atoms with Crippen molar-refractivity contribution in [1.29, 1.82) is 0 Å². The monoisotopic (exact) mass is 367 g/mol. The first-order valence-corrected chi connectivity index (χ1v) is 7.17. The molecule has 3 aromatic heterocycles. The first-order valence-electron chi connectivity index (χ1n) is 7.17. The molecule has 0 fully saturated rings. The summed E-state index contributed by atoms with van der Waals surface area (Å²) in [5.41, 5.74) is 3.94. The summed E-state index contributed by atoms with van der Waals surface area (Å²) in [6.45, 7) is -0.337. The maximum atomic E-state index is 12.6. The molecule has 0 spiro atoms. The van der Waals surface area contributed by atoms with Gasteiger partial charge in [0.2, 0.25) is 5.91 Å². The van der Waals surface area contributed by atoms with Gasteiger partial charge >= 0.3 is 6.18 Å². The van der Waals surface area contributed by atoms with E-state index in [-0.39, 0.29) is 29.2 Å². The lowest BCUT2D eigenvalue weighted by atomic mass is 10.3. The second-order valence-corrected chi connectivity index (χ2v) is 5.37. The molecular weight excluding hydrogens is 355 g/mol. The molecule has 0 radical (unpaired) electrons. The van der Waals surface area contributed by atoms with Gasteiger partial charge in [-0.25, -0.2) is 9.97 Å². The summed E-state index contributed by atoms with van der Waals surface area (Å²) in [6.07, 6.45) is -2.67. The number of hydrogen-bond acceptors (Lipinski definition) is 6. The van der Waals surface area contributed by atoms with Gasteiger partial charge in [0.25, 0.3) is 5.56 Å². The van der Waals surface area contributed by atoms with Crippen LogP contribution < -0.4 is 16.6 Å². The van der Waals surface area contributed by atoms with Crippen molar-refractivity contribution in [2.24, 2.45) is 12.8 Å². The van der Waals surface area contributed by atoms with Gasteiger partial charge in [0.1, 0.15) is 17.9 Å². The van der Waals surface area contributed by atoms with E-state index in [9.17, 15) is 22.8 Å². The molecule has 12 heteroatoms. The average Bonchev–Trinajstić information content (AvgIpc) is 2.86. The molecule has 0 bridgehead atoms. The molecule has 3 rings (SSSR count). The van der Waals surface area contributed by atoms with Gasteiger partial charge < -0.3 is 11.1 Å². The number of fused-ring (bicyclic) bond motifs is 1. The van der Waals surface area contributed by atoms with Gasteiger partial charge in [0.15, 0.2) is 11.3 Å². The number of primary amides is 1. The van der Waals surface area contributed by atoms with Crippen LogP contribution >= 0.6 is 0 Å². The third-order valence-corrected chi connectivity index (χ3v) is 3.48. The molecule has 1 amide bonds. The van der Waals surface area contributed by atoms with Gasteiger partial charge in [-0.2, -0.15) is 18.3 Å². The summed E-state index contributed by atoms with van der Waals surface area (Å²) in [6, 6.07) is 2.01. The van der Waals surface area contributed by atoms with Crippen LogP contribution in [0.15, 0.2) is 29.5 Å². The van der Waals surface area contributed by atoms with Gasteiger partial charge in [-0.15, -0.1) is 0 Å². The molecule has 3 heterocycles. The van der Waals surface area contributed by atoms with Crippen molar-refractivity contribution in [3.63, 3.8) is 0 Å². The number of nitrogens with zero attached hydrogens (tertiary/aromatic N) is 5. The van der Waals surface area contributed by atoms with Gasteiger partial charge in [-0.05, 0) is 12.1 Å². The third-order valence-electron chi connectivity index (χ3n) is 3.48. The fourth-order valence-electron chi connectivity index (χ4n) is 2.31. The Kier molecular flexibility index (Phi) is 4.10. The van der Waals surface area contributed by atoms with E-state index in [1.165, 1.54) is 11.7 Å². The Morgan fingerprint density at radius 2 is 2.04 bits per heavy atom. The zero-order valence-electron chi connectivity index (χ0n) is 13.3. The van der Waals surface area contributed by atoms with Crippen LogP contribution in [0, 0.1) is 0 Å². The quantitative estimate of drug-likeness (QED) is 0.703. The molecule has 136 valence electrons. The number of aromatic nitrogens is 5. The predicted molar refractivity (Wildman–Crippen MR) is 84.5 cm³/mol. The Morgan fingerprint density at radius 3 is 2.62 bits per heavy atom. The Balaban J connectivity index is 1.98. The molecule has 0 unspecified atom stereocenters. The predicted octanol–water partition coefficient (Wildman–Crippen LogP) is 0.773. The minimum Gasteiger partial charge on any atom is -0.368 e. The van der Waals surface area contributed by atoms with Crippen LogP contribution in [-0.2, 0) is 24.6 Å². The highest BCUT2D eigenvalue weighted by Gasteiger charge is 2.30. The number of aryl methyl sites for hydroxylation is 1. The van der Waals surface area contributed by atoms with Crippen molar-refractivity contribution in [3.05, 3.63) is 40.6 Å². The Bertz CT molecular complexity index is 1040. The van der Waals surface area contributed by atoms with E-state index in [2.05, 4.69) is 20.4 Å². The van der Waals surface area contributed by atoms with Gasteiger partial charge in [-0.1, -0.05) is 0 Å². The Labute approximate surface area is 143 Å². The zero-order valence-corrected chi connectivity index (χ0v) is 13.3. The molecule has 0 aromatic carbocycles. The van der Waals surface area contributed by atoms with Crippen LogP contribution in [-0.4, -0.2) is 30.2 Å². The largest absolute Gasteiger partial charge is 0.417 e. The number of amides is 1. The minimum absolute atomic E-state index is 0.0983. The number of rotatable bonds is 4. The van der Waals surface area contributed by atoms with Crippen LogP contribution in [0.4, 0.5) is 24.8 Å². The van der Waals surface area contributed by atoms with Crippen LogP contribution in [0.3, 0.4) is 0 Å². The molecule has 3 aromatic rings. The summed E-state index contributed by atoms with van der Waals surface area (Å²) in [5, 5.41) is 6.81. The van der Waals surface area contributed by atoms with Crippen molar-refractivity contribution in [2.45, 2.75) is 12.7 Å². The van der Waals surface area contributed by atoms with Gasteiger partial charge in [0, 0.05) is 13.2 Å². The van der Waals surface area contributed by atoms with E-state index in [4.69, 9.17) is 5.73 Å².